The molecule has 2 rings (SSSR count). The zero-order chi connectivity index (χ0) is 13.2. The van der Waals surface area contributed by atoms with Crippen LogP contribution in [-0.2, 0) is 17.8 Å². The van der Waals surface area contributed by atoms with Crippen LogP contribution < -0.4 is 10.6 Å². The number of carbonyl (C=O) groups excluding carboxylic acids is 1. The zero-order valence-electron chi connectivity index (χ0n) is 10.9. The highest BCUT2D eigenvalue weighted by molar-refractivity contribution is 5.83. The van der Waals surface area contributed by atoms with Crippen molar-refractivity contribution in [2.75, 3.05) is 6.61 Å². The molecule has 1 aromatic carbocycles. The Morgan fingerprint density at radius 3 is 2.78 bits per heavy atom. The molecule has 98 valence electrons. The number of nitrogens with one attached hydrogen (secondary N) is 2. The summed E-state index contributed by atoms with van der Waals surface area (Å²) in [6.45, 7) is 4.26. The molecule has 0 spiro atoms. The molecule has 0 aliphatic carbocycles. The maximum Gasteiger partial charge on any atom is 0.237 e. The SMILES string of the molecule is CC(C)(CO)NC(=O)C1Cc2ccccc2CN1. The Labute approximate surface area is 107 Å². The molecule has 18 heavy (non-hydrogen) atoms. The Morgan fingerprint density at radius 1 is 1.44 bits per heavy atom. The van der Waals surface area contributed by atoms with Crippen LogP contribution in [0, 0.1) is 0 Å². The topological polar surface area (TPSA) is 61.4 Å². The summed E-state index contributed by atoms with van der Waals surface area (Å²) in [5.41, 5.74) is 1.90. The van der Waals surface area contributed by atoms with Gasteiger partial charge in [-0.1, -0.05) is 24.3 Å². The van der Waals surface area contributed by atoms with Crippen molar-refractivity contribution in [1.29, 1.82) is 0 Å². The number of fused-ring (bicyclic) bond motifs is 1. The average molecular weight is 248 g/mol. The van der Waals surface area contributed by atoms with Crippen molar-refractivity contribution in [3.63, 3.8) is 0 Å². The van der Waals surface area contributed by atoms with E-state index in [-0.39, 0.29) is 18.6 Å². The van der Waals surface area contributed by atoms with E-state index in [1.165, 1.54) is 11.1 Å². The number of hydrogen-bond donors (Lipinski definition) is 3. The van der Waals surface area contributed by atoms with Gasteiger partial charge in [-0.05, 0) is 31.4 Å². The molecule has 1 atom stereocenters. The fourth-order valence-corrected chi connectivity index (χ4v) is 2.10. The Bertz CT molecular complexity index is 443. The Balaban J connectivity index is 2.03. The minimum atomic E-state index is -0.574. The number of carbonyl (C=O) groups is 1. The molecule has 1 aliphatic heterocycles. The van der Waals surface area contributed by atoms with Gasteiger partial charge in [-0.2, -0.15) is 0 Å². The van der Waals surface area contributed by atoms with Crippen LogP contribution in [0.4, 0.5) is 0 Å². The van der Waals surface area contributed by atoms with Gasteiger partial charge in [-0.25, -0.2) is 0 Å². The predicted molar refractivity (Wildman–Crippen MR) is 70.1 cm³/mol. The molecule has 0 radical (unpaired) electrons. The van der Waals surface area contributed by atoms with Crippen LogP contribution in [0.25, 0.3) is 0 Å². The van der Waals surface area contributed by atoms with Gasteiger partial charge in [0.1, 0.15) is 0 Å². The van der Waals surface area contributed by atoms with Gasteiger partial charge in [0.15, 0.2) is 0 Å². The lowest BCUT2D eigenvalue weighted by atomic mass is 9.95. The van der Waals surface area contributed by atoms with E-state index in [2.05, 4.69) is 22.8 Å². The minimum absolute atomic E-state index is 0.0523. The van der Waals surface area contributed by atoms with Crippen molar-refractivity contribution in [2.45, 2.75) is 38.4 Å². The summed E-state index contributed by atoms with van der Waals surface area (Å²) >= 11 is 0. The second-order valence-corrected chi connectivity index (χ2v) is 5.44. The Morgan fingerprint density at radius 2 is 2.11 bits per heavy atom. The summed E-state index contributed by atoms with van der Waals surface area (Å²) in [7, 11) is 0. The summed E-state index contributed by atoms with van der Waals surface area (Å²) in [6, 6.07) is 7.93. The standard InChI is InChI=1S/C14H20N2O2/c1-14(2,9-17)16-13(18)12-7-10-5-3-4-6-11(10)8-15-12/h3-6,12,15,17H,7-9H2,1-2H3,(H,16,18). The van der Waals surface area contributed by atoms with E-state index in [1.807, 2.05) is 26.0 Å². The fourth-order valence-electron chi connectivity index (χ4n) is 2.10. The molecule has 1 amide bonds. The van der Waals surface area contributed by atoms with Gasteiger partial charge in [0.2, 0.25) is 5.91 Å². The van der Waals surface area contributed by atoms with Gasteiger partial charge in [-0.15, -0.1) is 0 Å². The summed E-state index contributed by atoms with van der Waals surface area (Å²) in [5, 5.41) is 15.2. The van der Waals surface area contributed by atoms with Crippen LogP contribution in [0.3, 0.4) is 0 Å². The van der Waals surface area contributed by atoms with E-state index in [1.54, 1.807) is 0 Å². The molecule has 0 saturated carbocycles. The molecule has 0 aromatic heterocycles. The first-order valence-electron chi connectivity index (χ1n) is 6.25. The lowest BCUT2D eigenvalue weighted by Crippen LogP contribution is -2.55. The average Bonchev–Trinajstić information content (AvgIpc) is 2.37. The molecule has 1 aliphatic rings. The van der Waals surface area contributed by atoms with Crippen LogP contribution in [0.15, 0.2) is 24.3 Å². The summed E-state index contributed by atoms with van der Waals surface area (Å²) in [6.07, 6.45) is 0.698. The first-order chi connectivity index (χ1) is 8.52. The lowest BCUT2D eigenvalue weighted by molar-refractivity contribution is -0.125. The molecule has 1 aromatic rings. The smallest absolute Gasteiger partial charge is 0.237 e. The van der Waals surface area contributed by atoms with Crippen LogP contribution in [0.1, 0.15) is 25.0 Å². The quantitative estimate of drug-likeness (QED) is 0.733. The van der Waals surface area contributed by atoms with Gasteiger partial charge in [-0.3, -0.25) is 4.79 Å². The largest absolute Gasteiger partial charge is 0.394 e. The molecular weight excluding hydrogens is 228 g/mol. The Kier molecular flexibility index (Phi) is 3.68. The van der Waals surface area contributed by atoms with Gasteiger partial charge < -0.3 is 15.7 Å². The van der Waals surface area contributed by atoms with E-state index >= 15 is 0 Å². The van der Waals surface area contributed by atoms with Crippen molar-refractivity contribution in [2.24, 2.45) is 0 Å². The number of aliphatic hydroxyl groups is 1. The predicted octanol–water partition coefficient (Wildman–Crippen LogP) is 0.588. The second kappa shape index (κ2) is 5.08. The molecule has 1 unspecified atom stereocenters. The third kappa shape index (κ3) is 2.89. The maximum absolute atomic E-state index is 12.1. The van der Waals surface area contributed by atoms with Crippen molar-refractivity contribution < 1.29 is 9.90 Å². The van der Waals surface area contributed by atoms with E-state index in [4.69, 9.17) is 5.11 Å². The first kappa shape index (κ1) is 13.1. The fraction of sp³-hybridized carbons (Fsp3) is 0.500. The normalized spacial score (nSPS) is 19.2. The number of aliphatic hydroxyl groups excluding tert-OH is 1. The molecule has 0 saturated heterocycles. The molecular formula is C14H20N2O2. The van der Waals surface area contributed by atoms with Crippen LogP contribution in [-0.4, -0.2) is 29.2 Å². The molecule has 4 heteroatoms. The summed E-state index contributed by atoms with van der Waals surface area (Å²) in [5.74, 6) is -0.0523. The van der Waals surface area contributed by atoms with Gasteiger partial charge in [0.05, 0.1) is 18.2 Å². The molecule has 0 fully saturated rings. The van der Waals surface area contributed by atoms with E-state index in [0.717, 1.165) is 0 Å². The molecule has 3 N–H and O–H groups in total. The zero-order valence-corrected chi connectivity index (χ0v) is 10.9. The molecule has 1 heterocycles. The molecule has 4 nitrogen and oxygen atoms in total. The third-order valence-electron chi connectivity index (χ3n) is 3.25. The maximum atomic E-state index is 12.1. The van der Waals surface area contributed by atoms with Crippen LogP contribution in [0.2, 0.25) is 0 Å². The molecule has 0 bridgehead atoms. The number of hydrogen-bond acceptors (Lipinski definition) is 3. The second-order valence-electron chi connectivity index (χ2n) is 5.44. The lowest BCUT2D eigenvalue weighted by Gasteiger charge is -2.30. The van der Waals surface area contributed by atoms with E-state index in [0.29, 0.717) is 13.0 Å². The van der Waals surface area contributed by atoms with Gasteiger partial charge >= 0.3 is 0 Å². The minimum Gasteiger partial charge on any atom is -0.394 e. The highest BCUT2D eigenvalue weighted by Gasteiger charge is 2.27. The van der Waals surface area contributed by atoms with Gasteiger partial charge in [0, 0.05) is 6.54 Å². The van der Waals surface area contributed by atoms with Crippen molar-refractivity contribution >= 4 is 5.91 Å². The summed E-state index contributed by atoms with van der Waals surface area (Å²) in [4.78, 5) is 12.1. The van der Waals surface area contributed by atoms with Gasteiger partial charge in [0.25, 0.3) is 0 Å². The third-order valence-corrected chi connectivity index (χ3v) is 3.25. The Hall–Kier alpha value is -1.39. The van der Waals surface area contributed by atoms with E-state index in [9.17, 15) is 4.79 Å². The highest BCUT2D eigenvalue weighted by Crippen LogP contribution is 2.16. The number of rotatable bonds is 3. The monoisotopic (exact) mass is 248 g/mol. The van der Waals surface area contributed by atoms with Crippen LogP contribution in [0.5, 0.6) is 0 Å². The number of benzene rings is 1. The number of amides is 1. The first-order valence-corrected chi connectivity index (χ1v) is 6.25. The van der Waals surface area contributed by atoms with Crippen molar-refractivity contribution in [3.8, 4) is 0 Å². The van der Waals surface area contributed by atoms with Crippen LogP contribution >= 0.6 is 0 Å². The van der Waals surface area contributed by atoms with Crippen molar-refractivity contribution in [3.05, 3.63) is 35.4 Å². The summed E-state index contributed by atoms with van der Waals surface area (Å²) < 4.78 is 0. The van der Waals surface area contributed by atoms with E-state index < -0.39 is 5.54 Å². The highest BCUT2D eigenvalue weighted by atomic mass is 16.3. The van der Waals surface area contributed by atoms with Crippen molar-refractivity contribution in [1.82, 2.24) is 10.6 Å².